The van der Waals surface area contributed by atoms with E-state index in [0.29, 0.717) is 24.9 Å². The fourth-order valence-electron chi connectivity index (χ4n) is 2.57. The highest BCUT2D eigenvalue weighted by Gasteiger charge is 2.30. The SMILES string of the molecule is CC(C)C1CCN(S(=O)(=O)c2ccc(Br)c(F)c2)CC1. The average Bonchev–Trinajstić information content (AvgIpc) is 2.41. The molecule has 0 N–H and O–H groups in total. The van der Waals surface area contributed by atoms with Crippen molar-refractivity contribution in [1.29, 1.82) is 0 Å². The van der Waals surface area contributed by atoms with E-state index in [4.69, 9.17) is 0 Å². The Bertz CT molecular complexity index is 581. The minimum Gasteiger partial charge on any atom is -0.207 e. The van der Waals surface area contributed by atoms with Crippen LogP contribution >= 0.6 is 15.9 Å². The van der Waals surface area contributed by atoms with Gasteiger partial charge in [0.2, 0.25) is 10.0 Å². The molecule has 1 aliphatic rings. The Kier molecular flexibility index (Phi) is 4.87. The maximum absolute atomic E-state index is 13.5. The van der Waals surface area contributed by atoms with Crippen molar-refractivity contribution >= 4 is 26.0 Å². The van der Waals surface area contributed by atoms with Gasteiger partial charge < -0.3 is 0 Å². The first kappa shape index (κ1) is 15.9. The van der Waals surface area contributed by atoms with Gasteiger partial charge in [-0.1, -0.05) is 13.8 Å². The van der Waals surface area contributed by atoms with Crippen molar-refractivity contribution in [2.24, 2.45) is 11.8 Å². The van der Waals surface area contributed by atoms with Crippen LogP contribution in [-0.4, -0.2) is 25.8 Å². The molecule has 0 amide bonds. The number of hydrogen-bond acceptors (Lipinski definition) is 2. The number of halogens is 2. The molecule has 2 rings (SSSR count). The second-order valence-corrected chi connectivity index (χ2v) is 8.35. The van der Waals surface area contributed by atoms with Gasteiger partial charge in [0.25, 0.3) is 0 Å². The predicted molar refractivity (Wildman–Crippen MR) is 80.4 cm³/mol. The van der Waals surface area contributed by atoms with E-state index in [1.165, 1.54) is 16.4 Å². The van der Waals surface area contributed by atoms with Crippen LogP contribution < -0.4 is 0 Å². The molecule has 1 aromatic rings. The second-order valence-electron chi connectivity index (χ2n) is 5.56. The van der Waals surface area contributed by atoms with E-state index in [-0.39, 0.29) is 9.37 Å². The Hall–Kier alpha value is -0.460. The molecule has 1 fully saturated rings. The van der Waals surface area contributed by atoms with Gasteiger partial charge >= 0.3 is 0 Å². The van der Waals surface area contributed by atoms with Crippen LogP contribution in [-0.2, 0) is 10.0 Å². The van der Waals surface area contributed by atoms with Crippen molar-refractivity contribution in [3.05, 3.63) is 28.5 Å². The third-order valence-corrected chi connectivity index (χ3v) is 6.51. The van der Waals surface area contributed by atoms with Crippen molar-refractivity contribution in [3.8, 4) is 0 Å². The Labute approximate surface area is 128 Å². The summed E-state index contributed by atoms with van der Waals surface area (Å²) in [6.45, 7) is 5.36. The molecule has 0 aromatic heterocycles. The summed E-state index contributed by atoms with van der Waals surface area (Å²) in [7, 11) is -3.58. The van der Waals surface area contributed by atoms with Gasteiger partial charge in [-0.3, -0.25) is 0 Å². The van der Waals surface area contributed by atoms with Crippen LogP contribution in [0, 0.1) is 17.7 Å². The lowest BCUT2D eigenvalue weighted by Gasteiger charge is -2.33. The fourth-order valence-corrected chi connectivity index (χ4v) is 4.30. The second kappa shape index (κ2) is 6.12. The largest absolute Gasteiger partial charge is 0.243 e. The van der Waals surface area contributed by atoms with Crippen LogP contribution in [0.3, 0.4) is 0 Å². The molecule has 0 aliphatic carbocycles. The number of sulfonamides is 1. The van der Waals surface area contributed by atoms with Crippen LogP contribution in [0.4, 0.5) is 4.39 Å². The summed E-state index contributed by atoms with van der Waals surface area (Å²) in [6.07, 6.45) is 1.74. The molecule has 1 heterocycles. The maximum Gasteiger partial charge on any atom is 0.243 e. The van der Waals surface area contributed by atoms with Gasteiger partial charge in [0, 0.05) is 13.1 Å². The van der Waals surface area contributed by atoms with E-state index >= 15 is 0 Å². The summed E-state index contributed by atoms with van der Waals surface area (Å²) in [6, 6.07) is 3.95. The quantitative estimate of drug-likeness (QED) is 0.821. The predicted octanol–water partition coefficient (Wildman–Crippen LogP) is 3.64. The van der Waals surface area contributed by atoms with Gasteiger partial charge in [0.1, 0.15) is 5.82 Å². The van der Waals surface area contributed by atoms with Gasteiger partial charge in [-0.15, -0.1) is 0 Å². The van der Waals surface area contributed by atoms with Crippen molar-refractivity contribution in [1.82, 2.24) is 4.31 Å². The zero-order valence-corrected chi connectivity index (χ0v) is 14.0. The van der Waals surface area contributed by atoms with Crippen LogP contribution in [0.15, 0.2) is 27.6 Å². The molecule has 1 aromatic carbocycles. The number of nitrogens with zero attached hydrogens (tertiary/aromatic N) is 1. The summed E-state index contributed by atoms with van der Waals surface area (Å²) in [4.78, 5) is 0.0289. The van der Waals surface area contributed by atoms with Gasteiger partial charge in [-0.05, 0) is 58.8 Å². The molecule has 0 spiro atoms. The molecule has 1 saturated heterocycles. The van der Waals surface area contributed by atoms with E-state index < -0.39 is 15.8 Å². The molecule has 6 heteroatoms. The monoisotopic (exact) mass is 363 g/mol. The number of rotatable bonds is 3. The molecule has 0 atom stereocenters. The van der Waals surface area contributed by atoms with Crippen molar-refractivity contribution in [3.63, 3.8) is 0 Å². The normalized spacial score (nSPS) is 18.6. The molecule has 0 saturated carbocycles. The number of piperidine rings is 1. The molecule has 0 radical (unpaired) electrons. The topological polar surface area (TPSA) is 37.4 Å². The molecule has 0 bridgehead atoms. The summed E-state index contributed by atoms with van der Waals surface area (Å²) < 4.78 is 40.2. The lowest BCUT2D eigenvalue weighted by atomic mass is 9.87. The minimum absolute atomic E-state index is 0.0289. The lowest BCUT2D eigenvalue weighted by molar-refractivity contribution is 0.226. The Balaban J connectivity index is 2.17. The maximum atomic E-state index is 13.5. The molecular formula is C14H19BrFNO2S. The Morgan fingerprint density at radius 3 is 2.40 bits per heavy atom. The highest BCUT2D eigenvalue weighted by Crippen LogP contribution is 2.29. The molecule has 3 nitrogen and oxygen atoms in total. The zero-order chi connectivity index (χ0) is 14.9. The van der Waals surface area contributed by atoms with E-state index in [1.54, 1.807) is 0 Å². The molecule has 112 valence electrons. The first-order valence-electron chi connectivity index (χ1n) is 6.77. The standard InChI is InChI=1S/C14H19BrFNO2S/c1-10(2)11-5-7-17(8-6-11)20(18,19)12-3-4-13(15)14(16)9-12/h3-4,9-11H,5-8H2,1-2H3. The third kappa shape index (κ3) is 3.23. The van der Waals surface area contributed by atoms with Crippen molar-refractivity contribution < 1.29 is 12.8 Å². The summed E-state index contributed by atoms with van der Waals surface area (Å²) in [5.41, 5.74) is 0. The van der Waals surface area contributed by atoms with Crippen LogP contribution in [0.25, 0.3) is 0 Å². The smallest absolute Gasteiger partial charge is 0.207 e. The average molecular weight is 364 g/mol. The Morgan fingerprint density at radius 2 is 1.90 bits per heavy atom. The lowest BCUT2D eigenvalue weighted by Crippen LogP contribution is -2.39. The zero-order valence-electron chi connectivity index (χ0n) is 11.6. The summed E-state index contributed by atoms with van der Waals surface area (Å²) in [5.74, 6) is 0.594. The number of benzene rings is 1. The molecule has 1 aliphatic heterocycles. The van der Waals surface area contributed by atoms with Crippen LogP contribution in [0.1, 0.15) is 26.7 Å². The highest BCUT2D eigenvalue weighted by atomic mass is 79.9. The molecular weight excluding hydrogens is 345 g/mol. The van der Waals surface area contributed by atoms with Gasteiger partial charge in [-0.25, -0.2) is 12.8 Å². The van der Waals surface area contributed by atoms with Crippen LogP contribution in [0.5, 0.6) is 0 Å². The Morgan fingerprint density at radius 1 is 1.30 bits per heavy atom. The van der Waals surface area contributed by atoms with Gasteiger partial charge in [-0.2, -0.15) is 4.31 Å². The minimum atomic E-state index is -3.58. The first-order chi connectivity index (χ1) is 9.32. The van der Waals surface area contributed by atoms with Gasteiger partial charge in [0.15, 0.2) is 0 Å². The van der Waals surface area contributed by atoms with E-state index in [0.717, 1.165) is 18.9 Å². The van der Waals surface area contributed by atoms with Gasteiger partial charge in [0.05, 0.1) is 9.37 Å². The third-order valence-electron chi connectivity index (χ3n) is 3.97. The van der Waals surface area contributed by atoms with Crippen LogP contribution in [0.2, 0.25) is 0 Å². The first-order valence-corrected chi connectivity index (χ1v) is 9.01. The fraction of sp³-hybridized carbons (Fsp3) is 0.571. The number of hydrogen-bond donors (Lipinski definition) is 0. The highest BCUT2D eigenvalue weighted by molar-refractivity contribution is 9.10. The summed E-state index contributed by atoms with van der Waals surface area (Å²) in [5, 5.41) is 0. The van der Waals surface area contributed by atoms with Crippen molar-refractivity contribution in [2.75, 3.05) is 13.1 Å². The molecule has 0 unspecified atom stereocenters. The molecule has 20 heavy (non-hydrogen) atoms. The van der Waals surface area contributed by atoms with E-state index in [2.05, 4.69) is 29.8 Å². The van der Waals surface area contributed by atoms with Crippen molar-refractivity contribution in [2.45, 2.75) is 31.6 Å². The van der Waals surface area contributed by atoms with E-state index in [1.807, 2.05) is 0 Å². The van der Waals surface area contributed by atoms with E-state index in [9.17, 15) is 12.8 Å². The summed E-state index contributed by atoms with van der Waals surface area (Å²) >= 11 is 3.03.